The highest BCUT2D eigenvalue weighted by Crippen LogP contribution is 2.28. The first-order chi connectivity index (χ1) is 14.0. The van der Waals surface area contributed by atoms with Crippen LogP contribution in [0, 0.1) is 0 Å². The Balaban J connectivity index is 1.81. The van der Waals surface area contributed by atoms with Crippen LogP contribution in [-0.2, 0) is 20.9 Å². The Morgan fingerprint density at radius 1 is 1.03 bits per heavy atom. The summed E-state index contributed by atoms with van der Waals surface area (Å²) in [5.74, 6) is -1.11. The van der Waals surface area contributed by atoms with Crippen LogP contribution in [-0.4, -0.2) is 31.2 Å². The van der Waals surface area contributed by atoms with Crippen LogP contribution < -0.4 is 10.1 Å². The van der Waals surface area contributed by atoms with Crippen molar-refractivity contribution < 1.29 is 33.0 Å². The van der Waals surface area contributed by atoms with Crippen molar-refractivity contribution in [1.82, 2.24) is 5.32 Å². The number of benzene rings is 2. The Morgan fingerprint density at radius 2 is 1.72 bits per heavy atom. The van der Waals surface area contributed by atoms with Crippen LogP contribution in [0.4, 0.5) is 4.79 Å². The Morgan fingerprint density at radius 3 is 2.45 bits per heavy atom. The van der Waals surface area contributed by atoms with E-state index in [1.807, 2.05) is 29.6 Å². The van der Waals surface area contributed by atoms with Crippen molar-refractivity contribution in [3.63, 3.8) is 0 Å². The van der Waals surface area contributed by atoms with E-state index in [1.54, 1.807) is 30.3 Å². The summed E-state index contributed by atoms with van der Waals surface area (Å²) in [6, 6.07) is 16.2. The van der Waals surface area contributed by atoms with E-state index >= 15 is 0 Å². The van der Waals surface area contributed by atoms with Gasteiger partial charge >= 0.3 is 12.1 Å². The first-order valence-corrected chi connectivity index (χ1v) is 8.77. The molecule has 150 valence electrons. The summed E-state index contributed by atoms with van der Waals surface area (Å²) in [7, 11) is 1.12. The van der Waals surface area contributed by atoms with E-state index in [2.05, 4.69) is 4.74 Å². The molecule has 8 nitrogen and oxygen atoms in total. The maximum atomic E-state index is 12.6. The molecule has 1 aromatic heterocycles. The molecule has 0 bridgehead atoms. The average Bonchev–Trinajstić information content (AvgIpc) is 3.11. The standard InChI is InChI=1S/C21H19NO7/c1-13(19(23)22-21(25)26-2)28-20(24)18-16(12-27-14-8-4-3-5-9-14)15-10-6-7-11-17(15)29-18/h3-11,13H,12H2,1-2H3,(H,22,23,25)/t13-/m0/s1. The normalized spacial score (nSPS) is 11.5. The second kappa shape index (κ2) is 8.92. The fourth-order valence-electron chi connectivity index (χ4n) is 2.60. The largest absolute Gasteiger partial charge is 0.489 e. The highest BCUT2D eigenvalue weighted by molar-refractivity contribution is 5.99. The van der Waals surface area contributed by atoms with Crippen LogP contribution >= 0.6 is 0 Å². The number of hydrogen-bond donors (Lipinski definition) is 1. The Hall–Kier alpha value is -3.81. The van der Waals surface area contributed by atoms with Gasteiger partial charge in [-0.2, -0.15) is 0 Å². The molecule has 0 aliphatic heterocycles. The minimum Gasteiger partial charge on any atom is -0.489 e. The second-order valence-electron chi connectivity index (χ2n) is 6.04. The molecule has 3 rings (SSSR count). The molecule has 0 aliphatic rings. The number of carbonyl (C=O) groups excluding carboxylic acids is 3. The molecule has 0 aliphatic carbocycles. The lowest BCUT2D eigenvalue weighted by molar-refractivity contribution is -0.128. The van der Waals surface area contributed by atoms with E-state index in [1.165, 1.54) is 6.92 Å². The molecule has 1 heterocycles. The van der Waals surface area contributed by atoms with E-state index in [4.69, 9.17) is 13.9 Å². The number of para-hydroxylation sites is 2. The van der Waals surface area contributed by atoms with Crippen molar-refractivity contribution in [1.29, 1.82) is 0 Å². The zero-order valence-corrected chi connectivity index (χ0v) is 15.8. The van der Waals surface area contributed by atoms with Crippen LogP contribution in [0.25, 0.3) is 11.0 Å². The number of rotatable bonds is 6. The summed E-state index contributed by atoms with van der Waals surface area (Å²) in [4.78, 5) is 35.7. The Kier molecular flexibility index (Phi) is 6.13. The molecule has 3 aromatic rings. The first-order valence-electron chi connectivity index (χ1n) is 8.77. The van der Waals surface area contributed by atoms with Gasteiger partial charge in [0.1, 0.15) is 17.9 Å². The van der Waals surface area contributed by atoms with Crippen molar-refractivity contribution in [2.45, 2.75) is 19.6 Å². The maximum absolute atomic E-state index is 12.6. The van der Waals surface area contributed by atoms with Crippen molar-refractivity contribution >= 4 is 28.9 Å². The lowest BCUT2D eigenvalue weighted by Crippen LogP contribution is -2.39. The zero-order valence-electron chi connectivity index (χ0n) is 15.8. The van der Waals surface area contributed by atoms with Crippen LogP contribution in [0.2, 0.25) is 0 Å². The summed E-state index contributed by atoms with van der Waals surface area (Å²) < 4.78 is 20.9. The van der Waals surface area contributed by atoms with E-state index in [0.29, 0.717) is 22.3 Å². The van der Waals surface area contributed by atoms with Crippen molar-refractivity contribution in [2.75, 3.05) is 7.11 Å². The second-order valence-corrected chi connectivity index (χ2v) is 6.04. The third-order valence-corrected chi connectivity index (χ3v) is 4.07. The molecular formula is C21H19NO7. The Labute approximate surface area is 166 Å². The zero-order chi connectivity index (χ0) is 20.8. The average molecular weight is 397 g/mol. The fourth-order valence-corrected chi connectivity index (χ4v) is 2.60. The minimum atomic E-state index is -1.24. The van der Waals surface area contributed by atoms with Crippen LogP contribution in [0.5, 0.6) is 5.75 Å². The van der Waals surface area contributed by atoms with Gasteiger partial charge in [-0.1, -0.05) is 36.4 Å². The summed E-state index contributed by atoms with van der Waals surface area (Å²) in [5.41, 5.74) is 0.979. The molecule has 0 radical (unpaired) electrons. The predicted octanol–water partition coefficient (Wildman–Crippen LogP) is 3.44. The topological polar surface area (TPSA) is 104 Å². The molecule has 2 aromatic carbocycles. The molecule has 0 saturated heterocycles. The van der Waals surface area contributed by atoms with Crippen LogP contribution in [0.1, 0.15) is 23.0 Å². The van der Waals surface area contributed by atoms with Gasteiger partial charge in [-0.25, -0.2) is 9.59 Å². The van der Waals surface area contributed by atoms with Gasteiger partial charge in [-0.05, 0) is 25.1 Å². The predicted molar refractivity (Wildman–Crippen MR) is 102 cm³/mol. The minimum absolute atomic E-state index is 0.0637. The summed E-state index contributed by atoms with van der Waals surface area (Å²) in [6.45, 7) is 1.40. The van der Waals surface area contributed by atoms with E-state index in [0.717, 1.165) is 7.11 Å². The molecule has 1 atom stereocenters. The SMILES string of the molecule is COC(=O)NC(=O)[C@H](C)OC(=O)c1oc2ccccc2c1COc1ccccc1. The third-order valence-electron chi connectivity index (χ3n) is 4.07. The lowest BCUT2D eigenvalue weighted by Gasteiger charge is -2.12. The number of hydrogen-bond acceptors (Lipinski definition) is 7. The third kappa shape index (κ3) is 4.73. The molecule has 29 heavy (non-hydrogen) atoms. The van der Waals surface area contributed by atoms with Crippen molar-refractivity contribution in [2.24, 2.45) is 0 Å². The highest BCUT2D eigenvalue weighted by atomic mass is 16.6. The molecule has 0 spiro atoms. The number of alkyl carbamates (subject to hydrolysis) is 1. The molecular weight excluding hydrogens is 378 g/mol. The van der Waals surface area contributed by atoms with Gasteiger partial charge in [0.25, 0.3) is 5.91 Å². The van der Waals surface area contributed by atoms with Crippen molar-refractivity contribution in [3.05, 3.63) is 65.9 Å². The maximum Gasteiger partial charge on any atom is 0.413 e. The monoisotopic (exact) mass is 397 g/mol. The van der Waals surface area contributed by atoms with Gasteiger partial charge in [0.2, 0.25) is 5.76 Å². The highest BCUT2D eigenvalue weighted by Gasteiger charge is 2.27. The smallest absolute Gasteiger partial charge is 0.413 e. The van der Waals surface area contributed by atoms with Crippen molar-refractivity contribution in [3.8, 4) is 5.75 Å². The number of imide groups is 1. The van der Waals surface area contributed by atoms with Gasteiger partial charge < -0.3 is 18.6 Å². The Bertz CT molecular complexity index is 1030. The molecule has 8 heteroatoms. The first kappa shape index (κ1) is 19.9. The van der Waals surface area contributed by atoms with Gasteiger partial charge in [0, 0.05) is 5.39 Å². The quantitative estimate of drug-likeness (QED) is 0.635. The number of amides is 2. The number of carbonyl (C=O) groups is 3. The molecule has 2 amide bonds. The van der Waals surface area contributed by atoms with Crippen LogP contribution in [0.3, 0.4) is 0 Å². The summed E-state index contributed by atoms with van der Waals surface area (Å²) in [5, 5.41) is 2.64. The van der Waals surface area contributed by atoms with Gasteiger partial charge in [-0.15, -0.1) is 0 Å². The fraction of sp³-hybridized carbons (Fsp3) is 0.190. The number of ether oxygens (including phenoxy) is 3. The van der Waals surface area contributed by atoms with Gasteiger partial charge in [-0.3, -0.25) is 10.1 Å². The number of fused-ring (bicyclic) bond motifs is 1. The number of methoxy groups -OCH3 is 1. The van der Waals surface area contributed by atoms with Gasteiger partial charge in [0.15, 0.2) is 6.10 Å². The van der Waals surface area contributed by atoms with E-state index in [-0.39, 0.29) is 12.4 Å². The number of furan rings is 1. The lowest BCUT2D eigenvalue weighted by atomic mass is 10.1. The van der Waals surface area contributed by atoms with E-state index in [9.17, 15) is 14.4 Å². The van der Waals surface area contributed by atoms with Gasteiger partial charge in [0.05, 0.1) is 12.7 Å². The molecule has 0 fully saturated rings. The number of nitrogens with one attached hydrogen (secondary N) is 1. The molecule has 1 N–H and O–H groups in total. The summed E-state index contributed by atoms with van der Waals surface area (Å²) >= 11 is 0. The van der Waals surface area contributed by atoms with E-state index < -0.39 is 24.1 Å². The molecule has 0 saturated carbocycles. The number of esters is 1. The van der Waals surface area contributed by atoms with Crippen LogP contribution in [0.15, 0.2) is 59.0 Å². The molecule has 0 unspecified atom stereocenters. The summed E-state index contributed by atoms with van der Waals surface area (Å²) in [6.07, 6.45) is -2.18.